The van der Waals surface area contributed by atoms with E-state index < -0.39 is 4.92 Å². The van der Waals surface area contributed by atoms with Crippen molar-refractivity contribution in [1.29, 1.82) is 0 Å². The van der Waals surface area contributed by atoms with Gasteiger partial charge in [0.15, 0.2) is 0 Å². The highest BCUT2D eigenvalue weighted by atomic mass is 16.6. The Balaban J connectivity index is 1.76. The summed E-state index contributed by atoms with van der Waals surface area (Å²) in [6.07, 6.45) is 5.03. The van der Waals surface area contributed by atoms with Gasteiger partial charge in [0.1, 0.15) is 0 Å². The van der Waals surface area contributed by atoms with E-state index in [0.29, 0.717) is 28.5 Å². The zero-order valence-corrected chi connectivity index (χ0v) is 14.9. The fourth-order valence-corrected chi connectivity index (χ4v) is 3.02. The van der Waals surface area contributed by atoms with Gasteiger partial charge in [-0.1, -0.05) is 0 Å². The van der Waals surface area contributed by atoms with Gasteiger partial charge >= 0.3 is 0 Å². The highest BCUT2D eigenvalue weighted by Crippen LogP contribution is 2.22. The number of carbonyl (C=O) groups is 1. The molecule has 0 bridgehead atoms. The van der Waals surface area contributed by atoms with Crippen molar-refractivity contribution in [3.63, 3.8) is 0 Å². The van der Waals surface area contributed by atoms with E-state index in [0.717, 1.165) is 25.9 Å². The molecule has 0 spiro atoms. The van der Waals surface area contributed by atoms with Crippen LogP contribution in [0.15, 0.2) is 24.4 Å². The maximum absolute atomic E-state index is 12.6. The minimum absolute atomic E-state index is 0.00843. The van der Waals surface area contributed by atoms with E-state index in [-0.39, 0.29) is 11.6 Å². The second-order valence-corrected chi connectivity index (χ2v) is 6.43. The normalized spacial score (nSPS) is 14.2. The van der Waals surface area contributed by atoms with E-state index in [2.05, 4.69) is 20.2 Å². The number of aryl methyl sites for hydroxylation is 2. The number of non-ortho nitro benzene ring substituents is 1. The first-order chi connectivity index (χ1) is 12.5. The molecule has 1 aromatic heterocycles. The predicted molar refractivity (Wildman–Crippen MR) is 98.6 cm³/mol. The number of hydrogen-bond acceptors (Lipinski definition) is 6. The van der Waals surface area contributed by atoms with E-state index in [1.807, 2.05) is 0 Å². The molecule has 0 radical (unpaired) electrons. The predicted octanol–water partition coefficient (Wildman–Crippen LogP) is 3.24. The van der Waals surface area contributed by atoms with Crippen molar-refractivity contribution in [3.05, 3.63) is 51.3 Å². The number of piperidine rings is 1. The van der Waals surface area contributed by atoms with Gasteiger partial charge in [0.25, 0.3) is 11.6 Å². The van der Waals surface area contributed by atoms with Crippen molar-refractivity contribution in [2.45, 2.75) is 33.1 Å². The van der Waals surface area contributed by atoms with Gasteiger partial charge in [-0.05, 0) is 44.7 Å². The Morgan fingerprint density at radius 2 is 1.96 bits per heavy atom. The maximum Gasteiger partial charge on any atom is 0.269 e. The molecular weight excluding hydrogens is 334 g/mol. The Labute approximate surface area is 151 Å². The number of aromatic nitrogens is 2. The summed E-state index contributed by atoms with van der Waals surface area (Å²) in [4.78, 5) is 33.9. The molecule has 26 heavy (non-hydrogen) atoms. The van der Waals surface area contributed by atoms with Crippen LogP contribution in [-0.2, 0) is 0 Å². The van der Waals surface area contributed by atoms with Gasteiger partial charge in [-0.15, -0.1) is 0 Å². The molecule has 8 heteroatoms. The second kappa shape index (κ2) is 7.47. The summed E-state index contributed by atoms with van der Waals surface area (Å²) in [5, 5.41) is 13.6. The quantitative estimate of drug-likeness (QED) is 0.667. The van der Waals surface area contributed by atoms with Crippen LogP contribution >= 0.6 is 0 Å². The summed E-state index contributed by atoms with van der Waals surface area (Å²) in [5.74, 6) is 0.329. The Morgan fingerprint density at radius 1 is 1.23 bits per heavy atom. The molecule has 2 heterocycles. The SMILES string of the molecule is Cc1cc([N+](=O)[O-])ccc1NC(=O)c1cnc(N2CCCCC2)nc1C. The molecule has 1 aromatic carbocycles. The highest BCUT2D eigenvalue weighted by Gasteiger charge is 2.18. The van der Waals surface area contributed by atoms with E-state index in [1.165, 1.54) is 24.6 Å². The molecule has 8 nitrogen and oxygen atoms in total. The second-order valence-electron chi connectivity index (χ2n) is 6.43. The number of nitrogens with one attached hydrogen (secondary N) is 1. The van der Waals surface area contributed by atoms with Crippen LogP contribution in [0.1, 0.15) is 40.9 Å². The topological polar surface area (TPSA) is 101 Å². The van der Waals surface area contributed by atoms with Gasteiger partial charge in [0.05, 0.1) is 16.2 Å². The summed E-state index contributed by atoms with van der Waals surface area (Å²) < 4.78 is 0. The van der Waals surface area contributed by atoms with Crippen LogP contribution in [0, 0.1) is 24.0 Å². The summed E-state index contributed by atoms with van der Waals surface area (Å²) in [6, 6.07) is 4.33. The fourth-order valence-electron chi connectivity index (χ4n) is 3.02. The molecule has 1 amide bonds. The van der Waals surface area contributed by atoms with Gasteiger partial charge < -0.3 is 10.2 Å². The van der Waals surface area contributed by atoms with Crippen molar-refractivity contribution in [2.75, 3.05) is 23.3 Å². The van der Waals surface area contributed by atoms with Gasteiger partial charge in [0.2, 0.25) is 5.95 Å². The van der Waals surface area contributed by atoms with E-state index >= 15 is 0 Å². The number of carbonyl (C=O) groups excluding carboxylic acids is 1. The van der Waals surface area contributed by atoms with Gasteiger partial charge in [-0.3, -0.25) is 14.9 Å². The largest absolute Gasteiger partial charge is 0.341 e. The van der Waals surface area contributed by atoms with Crippen LogP contribution in [0.4, 0.5) is 17.3 Å². The third-order valence-corrected chi connectivity index (χ3v) is 4.52. The van der Waals surface area contributed by atoms with Crippen LogP contribution in [0.2, 0.25) is 0 Å². The molecule has 1 saturated heterocycles. The van der Waals surface area contributed by atoms with Crippen LogP contribution in [0.5, 0.6) is 0 Å². The summed E-state index contributed by atoms with van der Waals surface area (Å²) in [5.41, 5.74) is 2.14. The Bertz CT molecular complexity index is 847. The number of amides is 1. The van der Waals surface area contributed by atoms with Gasteiger partial charge in [0, 0.05) is 37.1 Å². The maximum atomic E-state index is 12.6. The molecule has 0 atom stereocenters. The molecule has 0 saturated carbocycles. The lowest BCUT2D eigenvalue weighted by Gasteiger charge is -2.26. The van der Waals surface area contributed by atoms with Crippen LogP contribution in [0.3, 0.4) is 0 Å². The average molecular weight is 355 g/mol. The number of nitrogens with zero attached hydrogens (tertiary/aromatic N) is 4. The number of nitro benzene ring substituents is 1. The summed E-state index contributed by atoms with van der Waals surface area (Å²) >= 11 is 0. The standard InChI is InChI=1S/C18H21N5O3/c1-12-10-14(23(25)26)6-7-16(12)21-17(24)15-11-19-18(20-13(15)2)22-8-4-3-5-9-22/h6-7,10-11H,3-5,8-9H2,1-2H3,(H,21,24). The number of nitro groups is 1. The number of benzene rings is 1. The first-order valence-corrected chi connectivity index (χ1v) is 8.60. The van der Waals surface area contributed by atoms with Gasteiger partial charge in [-0.2, -0.15) is 0 Å². The van der Waals surface area contributed by atoms with E-state index in [9.17, 15) is 14.9 Å². The first-order valence-electron chi connectivity index (χ1n) is 8.60. The summed E-state index contributed by atoms with van der Waals surface area (Å²) in [6.45, 7) is 5.37. The van der Waals surface area contributed by atoms with Crippen LogP contribution in [0.25, 0.3) is 0 Å². The monoisotopic (exact) mass is 355 g/mol. The molecule has 1 aliphatic rings. The zero-order valence-electron chi connectivity index (χ0n) is 14.9. The molecule has 1 N–H and O–H groups in total. The lowest BCUT2D eigenvalue weighted by Crippen LogP contribution is -2.31. The van der Waals surface area contributed by atoms with Gasteiger partial charge in [-0.25, -0.2) is 9.97 Å². The molecule has 0 unspecified atom stereocenters. The van der Waals surface area contributed by atoms with Crippen LogP contribution in [-0.4, -0.2) is 33.9 Å². The smallest absolute Gasteiger partial charge is 0.269 e. The van der Waals surface area contributed by atoms with Crippen molar-refractivity contribution in [1.82, 2.24) is 9.97 Å². The van der Waals surface area contributed by atoms with Crippen molar-refractivity contribution < 1.29 is 9.72 Å². The zero-order chi connectivity index (χ0) is 18.7. The minimum Gasteiger partial charge on any atom is -0.341 e. The van der Waals surface area contributed by atoms with Crippen molar-refractivity contribution in [2.24, 2.45) is 0 Å². The fraction of sp³-hybridized carbons (Fsp3) is 0.389. The molecule has 1 aliphatic heterocycles. The van der Waals surface area contributed by atoms with E-state index in [4.69, 9.17) is 0 Å². The van der Waals surface area contributed by atoms with Crippen molar-refractivity contribution in [3.8, 4) is 0 Å². The minimum atomic E-state index is -0.462. The lowest BCUT2D eigenvalue weighted by atomic mass is 10.1. The number of hydrogen-bond donors (Lipinski definition) is 1. The summed E-state index contributed by atoms with van der Waals surface area (Å²) in [7, 11) is 0. The third kappa shape index (κ3) is 3.79. The first kappa shape index (κ1) is 17.8. The molecular formula is C18H21N5O3. The number of rotatable bonds is 4. The Morgan fingerprint density at radius 3 is 2.58 bits per heavy atom. The third-order valence-electron chi connectivity index (χ3n) is 4.52. The Kier molecular flexibility index (Phi) is 5.11. The molecule has 2 aromatic rings. The van der Waals surface area contributed by atoms with Crippen LogP contribution < -0.4 is 10.2 Å². The Hall–Kier alpha value is -3.03. The molecule has 136 valence electrons. The lowest BCUT2D eigenvalue weighted by molar-refractivity contribution is -0.384. The van der Waals surface area contributed by atoms with Crippen molar-refractivity contribution >= 4 is 23.2 Å². The molecule has 0 aliphatic carbocycles. The van der Waals surface area contributed by atoms with E-state index in [1.54, 1.807) is 20.0 Å². The highest BCUT2D eigenvalue weighted by molar-refractivity contribution is 6.05. The molecule has 1 fully saturated rings. The molecule has 3 rings (SSSR count). The average Bonchev–Trinajstić information content (AvgIpc) is 2.63. The number of anilines is 2.